The highest BCUT2D eigenvalue weighted by atomic mass is 16.3. The van der Waals surface area contributed by atoms with Crippen molar-refractivity contribution in [1.82, 2.24) is 4.98 Å². The summed E-state index contributed by atoms with van der Waals surface area (Å²) in [5.74, 6) is 0.586. The van der Waals surface area contributed by atoms with Crippen LogP contribution in [0.1, 0.15) is 55.5 Å². The van der Waals surface area contributed by atoms with Crippen molar-refractivity contribution in [3.63, 3.8) is 0 Å². The summed E-state index contributed by atoms with van der Waals surface area (Å²) in [6.07, 6.45) is 3.01. The Bertz CT molecular complexity index is 1260. The van der Waals surface area contributed by atoms with Crippen molar-refractivity contribution >= 4 is 21.9 Å². The Morgan fingerprint density at radius 1 is 0.964 bits per heavy atom. The maximum atomic E-state index is 6.58. The van der Waals surface area contributed by atoms with Crippen LogP contribution in [0.25, 0.3) is 33.2 Å². The summed E-state index contributed by atoms with van der Waals surface area (Å²) in [5, 5.41) is 2.52. The predicted octanol–water partition coefficient (Wildman–Crippen LogP) is 7.10. The fourth-order valence-corrected chi connectivity index (χ4v) is 4.88. The predicted molar refractivity (Wildman–Crippen MR) is 117 cm³/mol. The van der Waals surface area contributed by atoms with Gasteiger partial charge in [0.25, 0.3) is 0 Å². The van der Waals surface area contributed by atoms with Crippen molar-refractivity contribution in [3.05, 3.63) is 64.3 Å². The molecule has 0 spiro atoms. The summed E-state index contributed by atoms with van der Waals surface area (Å²) in [6.45, 7) is 13.4. The van der Waals surface area contributed by atoms with E-state index in [9.17, 15) is 0 Å². The average Bonchev–Trinajstić information content (AvgIpc) is 3.01. The van der Waals surface area contributed by atoms with E-state index in [4.69, 9.17) is 9.40 Å². The number of aryl methyl sites for hydroxylation is 2. The van der Waals surface area contributed by atoms with Crippen LogP contribution in [0.5, 0.6) is 0 Å². The van der Waals surface area contributed by atoms with Crippen LogP contribution in [0.15, 0.2) is 40.9 Å². The Kier molecular flexibility index (Phi) is 3.56. The zero-order chi connectivity index (χ0) is 19.8. The van der Waals surface area contributed by atoms with Crippen molar-refractivity contribution in [2.75, 3.05) is 0 Å². The Morgan fingerprint density at radius 2 is 1.75 bits per heavy atom. The standard InChI is InChI=1S/C26H27NO/c1-14(2)11-17-8-10-19-22-21-18(9-7-16(4)24(21)28-25(17)22)23-20(26(19,5)6)12-15(3)13-27-23/h7-10,12-14H,11H2,1-6H3. The second kappa shape index (κ2) is 5.70. The van der Waals surface area contributed by atoms with Gasteiger partial charge in [0.05, 0.1) is 5.69 Å². The Morgan fingerprint density at radius 3 is 2.50 bits per heavy atom. The van der Waals surface area contributed by atoms with Gasteiger partial charge in [-0.3, -0.25) is 4.98 Å². The van der Waals surface area contributed by atoms with Crippen molar-refractivity contribution in [2.45, 2.75) is 53.4 Å². The van der Waals surface area contributed by atoms with Crippen LogP contribution < -0.4 is 0 Å². The normalized spacial score (nSPS) is 14.8. The number of aromatic nitrogens is 1. The van der Waals surface area contributed by atoms with Crippen LogP contribution in [-0.2, 0) is 11.8 Å². The minimum absolute atomic E-state index is 0.146. The van der Waals surface area contributed by atoms with Crippen LogP contribution >= 0.6 is 0 Å². The van der Waals surface area contributed by atoms with E-state index in [0.717, 1.165) is 23.3 Å². The zero-order valence-corrected chi connectivity index (χ0v) is 17.6. The van der Waals surface area contributed by atoms with Crippen LogP contribution in [-0.4, -0.2) is 4.98 Å². The van der Waals surface area contributed by atoms with Crippen LogP contribution in [0.3, 0.4) is 0 Å². The number of hydrogen-bond donors (Lipinski definition) is 0. The first-order valence-corrected chi connectivity index (χ1v) is 10.2. The summed E-state index contributed by atoms with van der Waals surface area (Å²) < 4.78 is 6.58. The van der Waals surface area contributed by atoms with Gasteiger partial charge in [-0.15, -0.1) is 0 Å². The highest BCUT2D eigenvalue weighted by Gasteiger charge is 2.35. The molecule has 0 unspecified atom stereocenters. The Labute approximate surface area is 166 Å². The van der Waals surface area contributed by atoms with Gasteiger partial charge >= 0.3 is 0 Å². The summed E-state index contributed by atoms with van der Waals surface area (Å²) >= 11 is 0. The van der Waals surface area contributed by atoms with Crippen LogP contribution in [0.4, 0.5) is 0 Å². The first-order valence-electron chi connectivity index (χ1n) is 10.2. The molecule has 0 aliphatic heterocycles. The SMILES string of the molecule is Cc1cnc2c(c1)C(C)(C)c1ccc(CC(C)C)c3oc4c(C)ccc-2c4c13. The van der Waals surface area contributed by atoms with Gasteiger partial charge in [-0.25, -0.2) is 0 Å². The third kappa shape index (κ3) is 2.24. The highest BCUT2D eigenvalue weighted by molar-refractivity contribution is 6.16. The lowest BCUT2D eigenvalue weighted by atomic mass is 9.76. The first-order chi connectivity index (χ1) is 13.3. The molecule has 2 nitrogen and oxygen atoms in total. The quantitative estimate of drug-likeness (QED) is 0.376. The van der Waals surface area contributed by atoms with Crippen LogP contribution in [0.2, 0.25) is 0 Å². The van der Waals surface area contributed by atoms with E-state index in [2.05, 4.69) is 71.9 Å². The van der Waals surface area contributed by atoms with Gasteiger partial charge in [0.15, 0.2) is 0 Å². The van der Waals surface area contributed by atoms with Gasteiger partial charge in [0.1, 0.15) is 11.2 Å². The molecule has 0 atom stereocenters. The number of rotatable bonds is 2. The third-order valence-electron chi connectivity index (χ3n) is 6.30. The molecular weight excluding hydrogens is 342 g/mol. The molecule has 0 N–H and O–H groups in total. The third-order valence-corrected chi connectivity index (χ3v) is 6.30. The number of nitrogens with zero attached hydrogens (tertiary/aromatic N) is 1. The molecule has 2 aromatic heterocycles. The second-order valence-electron chi connectivity index (χ2n) is 9.34. The molecule has 0 saturated carbocycles. The minimum atomic E-state index is -0.146. The molecule has 0 amide bonds. The summed E-state index contributed by atoms with van der Waals surface area (Å²) in [7, 11) is 0. The molecule has 1 aliphatic carbocycles. The highest BCUT2D eigenvalue weighted by Crippen LogP contribution is 2.50. The monoisotopic (exact) mass is 369 g/mol. The molecule has 28 heavy (non-hydrogen) atoms. The van der Waals surface area contributed by atoms with E-state index >= 15 is 0 Å². The molecule has 0 saturated heterocycles. The van der Waals surface area contributed by atoms with Crippen molar-refractivity contribution in [3.8, 4) is 11.3 Å². The molecule has 1 aliphatic rings. The van der Waals surface area contributed by atoms with E-state index in [1.54, 1.807) is 0 Å². The van der Waals surface area contributed by atoms with E-state index in [1.165, 1.54) is 44.2 Å². The molecule has 0 fully saturated rings. The van der Waals surface area contributed by atoms with Gasteiger partial charge in [0.2, 0.25) is 0 Å². The lowest BCUT2D eigenvalue weighted by molar-refractivity contribution is 0.616. The fraction of sp³-hybridized carbons (Fsp3) is 0.346. The van der Waals surface area contributed by atoms with E-state index in [1.807, 2.05) is 6.20 Å². The van der Waals surface area contributed by atoms with Gasteiger partial charge in [-0.05, 0) is 54.0 Å². The number of hydrogen-bond acceptors (Lipinski definition) is 2. The molecule has 142 valence electrons. The van der Waals surface area contributed by atoms with E-state index < -0.39 is 0 Å². The summed E-state index contributed by atoms with van der Waals surface area (Å²) in [5.41, 5.74) is 10.5. The summed E-state index contributed by atoms with van der Waals surface area (Å²) in [6, 6.07) is 11.3. The molecule has 2 aromatic carbocycles. The molecule has 2 heteroatoms. The Balaban J connectivity index is 2.03. The topological polar surface area (TPSA) is 26.0 Å². The molecule has 0 bridgehead atoms. The molecule has 5 rings (SSSR count). The summed E-state index contributed by atoms with van der Waals surface area (Å²) in [4.78, 5) is 4.91. The second-order valence-corrected chi connectivity index (χ2v) is 9.34. The molecular formula is C26H27NO. The average molecular weight is 370 g/mol. The number of benzene rings is 2. The van der Waals surface area contributed by atoms with Gasteiger partial charge in [-0.2, -0.15) is 0 Å². The minimum Gasteiger partial charge on any atom is -0.455 e. The number of pyridine rings is 1. The maximum absolute atomic E-state index is 6.58. The van der Waals surface area contributed by atoms with Crippen molar-refractivity contribution in [1.29, 1.82) is 0 Å². The number of fused-ring (bicyclic) bond motifs is 2. The van der Waals surface area contributed by atoms with Crippen molar-refractivity contribution < 1.29 is 4.42 Å². The zero-order valence-electron chi connectivity index (χ0n) is 17.6. The van der Waals surface area contributed by atoms with Crippen LogP contribution in [0, 0.1) is 19.8 Å². The molecule has 4 aromatic rings. The van der Waals surface area contributed by atoms with Gasteiger partial charge < -0.3 is 4.42 Å². The van der Waals surface area contributed by atoms with Crippen molar-refractivity contribution in [2.24, 2.45) is 5.92 Å². The van der Waals surface area contributed by atoms with E-state index in [-0.39, 0.29) is 5.41 Å². The lowest BCUT2D eigenvalue weighted by Gasteiger charge is -2.28. The smallest absolute Gasteiger partial charge is 0.139 e. The first kappa shape index (κ1) is 17.5. The Hall–Kier alpha value is -2.61. The van der Waals surface area contributed by atoms with E-state index in [0.29, 0.717) is 5.92 Å². The largest absolute Gasteiger partial charge is 0.455 e. The van der Waals surface area contributed by atoms with Gasteiger partial charge in [0, 0.05) is 27.9 Å². The molecule has 0 radical (unpaired) electrons. The number of furan rings is 1. The maximum Gasteiger partial charge on any atom is 0.139 e. The molecule has 2 heterocycles. The fourth-order valence-electron chi connectivity index (χ4n) is 4.88. The van der Waals surface area contributed by atoms with Gasteiger partial charge in [-0.1, -0.05) is 58.0 Å². The lowest BCUT2D eigenvalue weighted by Crippen LogP contribution is -2.20.